The van der Waals surface area contributed by atoms with Crippen molar-refractivity contribution in [2.45, 2.75) is 37.8 Å². The van der Waals surface area contributed by atoms with Crippen LogP contribution in [0, 0.1) is 23.2 Å². The molecular weight excluding hydrogens is 332 g/mol. The van der Waals surface area contributed by atoms with Crippen molar-refractivity contribution >= 4 is 24.2 Å². The zero-order valence-corrected chi connectivity index (χ0v) is 14.5. The molecule has 1 aliphatic carbocycles. The fraction of sp³-hybridized carbons (Fsp3) is 0.812. The van der Waals surface area contributed by atoms with Gasteiger partial charge >= 0.3 is 0 Å². The third kappa shape index (κ3) is 3.82. The Hall–Kier alpha value is -1.36. The molecule has 0 aromatic carbocycles. The lowest BCUT2D eigenvalue weighted by molar-refractivity contribution is -0.133. The zero-order valence-electron chi connectivity index (χ0n) is 13.7. The molecule has 3 rings (SSSR count). The fourth-order valence-corrected chi connectivity index (χ4v) is 4.30. The standard InChI is InChI=1S/C16H24N4O3.ClH/c17-6-14-2-1-3-20(14)15(22)7-18-13-4-11-8-19(16(23)10-21)9-12(11)5-13;/h11-14,18,21H,1-5,7-10H2;1H/t11-,12+,13?,14?;. The summed E-state index contributed by atoms with van der Waals surface area (Å²) in [5.74, 6) is 0.771. The molecule has 4 atom stereocenters. The largest absolute Gasteiger partial charge is 0.387 e. The number of nitriles is 1. The van der Waals surface area contributed by atoms with Gasteiger partial charge in [0.05, 0.1) is 12.6 Å². The minimum Gasteiger partial charge on any atom is -0.387 e. The molecule has 2 saturated heterocycles. The van der Waals surface area contributed by atoms with E-state index in [1.54, 1.807) is 9.80 Å². The minimum absolute atomic E-state index is 0. The lowest BCUT2D eigenvalue weighted by atomic mass is 10.0. The lowest BCUT2D eigenvalue weighted by Crippen LogP contribution is -2.43. The second-order valence-electron chi connectivity index (χ2n) is 6.90. The first-order valence-corrected chi connectivity index (χ1v) is 8.43. The molecule has 0 aromatic heterocycles. The number of hydrogen-bond donors (Lipinski definition) is 2. The normalized spacial score (nSPS) is 31.5. The zero-order chi connectivity index (χ0) is 16.4. The SMILES string of the molecule is Cl.N#CC1CCCN1C(=O)CNC1C[C@@H]2CN(C(=O)CO)C[C@@H]2C1. The Morgan fingerprint density at radius 3 is 2.46 bits per heavy atom. The summed E-state index contributed by atoms with van der Waals surface area (Å²) >= 11 is 0. The van der Waals surface area contributed by atoms with Crippen molar-refractivity contribution in [3.63, 3.8) is 0 Å². The van der Waals surface area contributed by atoms with Crippen LogP contribution in [0.3, 0.4) is 0 Å². The van der Waals surface area contributed by atoms with Crippen LogP contribution in [0.1, 0.15) is 25.7 Å². The summed E-state index contributed by atoms with van der Waals surface area (Å²) in [5, 5.41) is 21.3. The Morgan fingerprint density at radius 2 is 1.88 bits per heavy atom. The molecule has 2 heterocycles. The number of aliphatic hydroxyl groups is 1. The van der Waals surface area contributed by atoms with E-state index in [4.69, 9.17) is 10.4 Å². The number of halogens is 1. The molecule has 0 bridgehead atoms. The van der Waals surface area contributed by atoms with Crippen LogP contribution in [-0.4, -0.2) is 71.6 Å². The van der Waals surface area contributed by atoms with E-state index in [1.807, 2.05) is 0 Å². The van der Waals surface area contributed by atoms with Crippen molar-refractivity contribution in [3.8, 4) is 6.07 Å². The first kappa shape index (κ1) is 19.0. The van der Waals surface area contributed by atoms with Gasteiger partial charge in [-0.3, -0.25) is 9.59 Å². The van der Waals surface area contributed by atoms with E-state index >= 15 is 0 Å². The second kappa shape index (κ2) is 8.15. The number of likely N-dealkylation sites (tertiary alicyclic amines) is 2. The van der Waals surface area contributed by atoms with Crippen LogP contribution in [0.5, 0.6) is 0 Å². The van der Waals surface area contributed by atoms with Gasteiger partial charge < -0.3 is 20.2 Å². The molecule has 134 valence electrons. The number of nitrogens with one attached hydrogen (secondary N) is 1. The number of carbonyl (C=O) groups is 2. The van der Waals surface area contributed by atoms with Gasteiger partial charge in [-0.2, -0.15) is 5.26 Å². The number of amides is 2. The summed E-state index contributed by atoms with van der Waals surface area (Å²) in [6.07, 6.45) is 3.63. The van der Waals surface area contributed by atoms with Crippen LogP contribution >= 0.6 is 12.4 Å². The van der Waals surface area contributed by atoms with Gasteiger partial charge in [0.1, 0.15) is 12.6 Å². The Morgan fingerprint density at radius 1 is 1.21 bits per heavy atom. The van der Waals surface area contributed by atoms with Gasteiger partial charge in [0.15, 0.2) is 0 Å². The third-order valence-corrected chi connectivity index (χ3v) is 5.50. The van der Waals surface area contributed by atoms with Crippen LogP contribution in [0.15, 0.2) is 0 Å². The molecule has 2 N–H and O–H groups in total. The Balaban J connectivity index is 0.00000208. The van der Waals surface area contributed by atoms with E-state index in [2.05, 4.69) is 11.4 Å². The molecule has 2 unspecified atom stereocenters. The van der Waals surface area contributed by atoms with Gasteiger partial charge in [-0.05, 0) is 37.5 Å². The Kier molecular flexibility index (Phi) is 6.44. The molecule has 0 aromatic rings. The van der Waals surface area contributed by atoms with E-state index in [0.717, 1.165) is 38.8 Å². The average Bonchev–Trinajstić information content (AvgIpc) is 3.24. The van der Waals surface area contributed by atoms with Crippen molar-refractivity contribution < 1.29 is 14.7 Å². The predicted octanol–water partition coefficient (Wildman–Crippen LogP) is -0.258. The minimum atomic E-state index is -0.411. The first-order chi connectivity index (χ1) is 11.1. The first-order valence-electron chi connectivity index (χ1n) is 8.43. The molecule has 2 aliphatic heterocycles. The maximum Gasteiger partial charge on any atom is 0.248 e. The lowest BCUT2D eigenvalue weighted by Gasteiger charge is -2.22. The van der Waals surface area contributed by atoms with Gasteiger partial charge in [0.2, 0.25) is 11.8 Å². The van der Waals surface area contributed by atoms with Crippen LogP contribution in [0.2, 0.25) is 0 Å². The fourth-order valence-electron chi connectivity index (χ4n) is 4.30. The average molecular weight is 357 g/mol. The maximum absolute atomic E-state index is 12.2. The van der Waals surface area contributed by atoms with Crippen molar-refractivity contribution in [2.24, 2.45) is 11.8 Å². The summed E-state index contributed by atoms with van der Waals surface area (Å²) in [6.45, 7) is 2.01. The molecule has 0 radical (unpaired) electrons. The van der Waals surface area contributed by atoms with Gasteiger partial charge in [-0.1, -0.05) is 0 Å². The molecule has 7 nitrogen and oxygen atoms in total. The van der Waals surface area contributed by atoms with Crippen LogP contribution < -0.4 is 5.32 Å². The molecule has 3 aliphatic rings. The summed E-state index contributed by atoms with van der Waals surface area (Å²) in [4.78, 5) is 27.2. The molecule has 2 amide bonds. The Labute approximate surface area is 148 Å². The van der Waals surface area contributed by atoms with E-state index in [0.29, 0.717) is 31.0 Å². The molecule has 24 heavy (non-hydrogen) atoms. The predicted molar refractivity (Wildman–Crippen MR) is 89.3 cm³/mol. The molecule has 8 heteroatoms. The van der Waals surface area contributed by atoms with Crippen LogP contribution in [0.4, 0.5) is 0 Å². The molecule has 3 fully saturated rings. The second-order valence-corrected chi connectivity index (χ2v) is 6.90. The number of carbonyl (C=O) groups excluding carboxylic acids is 2. The van der Waals surface area contributed by atoms with Gasteiger partial charge in [0.25, 0.3) is 0 Å². The van der Waals surface area contributed by atoms with Crippen molar-refractivity contribution in [1.82, 2.24) is 15.1 Å². The smallest absolute Gasteiger partial charge is 0.248 e. The van der Waals surface area contributed by atoms with Crippen LogP contribution in [-0.2, 0) is 9.59 Å². The Bertz CT molecular complexity index is 510. The number of fused-ring (bicyclic) bond motifs is 1. The quantitative estimate of drug-likeness (QED) is 0.723. The molecular formula is C16H25ClN4O3. The van der Waals surface area contributed by atoms with E-state index in [1.165, 1.54) is 0 Å². The highest BCUT2D eigenvalue weighted by Crippen LogP contribution is 2.38. The highest BCUT2D eigenvalue weighted by molar-refractivity contribution is 5.85. The van der Waals surface area contributed by atoms with E-state index in [-0.39, 0.29) is 30.3 Å². The monoisotopic (exact) mass is 356 g/mol. The summed E-state index contributed by atoms with van der Waals surface area (Å²) in [6, 6.07) is 2.25. The molecule has 0 spiro atoms. The van der Waals surface area contributed by atoms with Crippen molar-refractivity contribution in [3.05, 3.63) is 0 Å². The van der Waals surface area contributed by atoms with E-state index in [9.17, 15) is 9.59 Å². The topological polar surface area (TPSA) is 96.7 Å². The number of hydrogen-bond acceptors (Lipinski definition) is 5. The highest BCUT2D eigenvalue weighted by Gasteiger charge is 2.42. The van der Waals surface area contributed by atoms with E-state index < -0.39 is 6.61 Å². The van der Waals surface area contributed by atoms with Gasteiger partial charge in [-0.25, -0.2) is 0 Å². The summed E-state index contributed by atoms with van der Waals surface area (Å²) in [7, 11) is 0. The maximum atomic E-state index is 12.2. The molecule has 1 saturated carbocycles. The van der Waals surface area contributed by atoms with Crippen LogP contribution in [0.25, 0.3) is 0 Å². The van der Waals surface area contributed by atoms with Gasteiger partial charge in [0, 0.05) is 25.7 Å². The number of rotatable bonds is 4. The number of aliphatic hydroxyl groups excluding tert-OH is 1. The third-order valence-electron chi connectivity index (χ3n) is 5.50. The summed E-state index contributed by atoms with van der Waals surface area (Å²) in [5.41, 5.74) is 0. The summed E-state index contributed by atoms with van der Waals surface area (Å²) < 4.78 is 0. The van der Waals surface area contributed by atoms with Gasteiger partial charge in [-0.15, -0.1) is 12.4 Å². The van der Waals surface area contributed by atoms with Crippen molar-refractivity contribution in [1.29, 1.82) is 5.26 Å². The highest BCUT2D eigenvalue weighted by atomic mass is 35.5. The number of nitrogens with zero attached hydrogens (tertiary/aromatic N) is 3. The van der Waals surface area contributed by atoms with Crippen molar-refractivity contribution in [2.75, 3.05) is 32.8 Å².